The van der Waals surface area contributed by atoms with E-state index in [9.17, 15) is 14.9 Å². The van der Waals surface area contributed by atoms with Gasteiger partial charge in [0.1, 0.15) is 11.9 Å². The van der Waals surface area contributed by atoms with Crippen LogP contribution in [0.2, 0.25) is 0 Å². The highest BCUT2D eigenvalue weighted by molar-refractivity contribution is 5.96. The van der Waals surface area contributed by atoms with Gasteiger partial charge in [-0.05, 0) is 19.4 Å². The third kappa shape index (κ3) is 2.16. The van der Waals surface area contributed by atoms with Gasteiger partial charge in [0.05, 0.1) is 11.1 Å². The number of ketones is 1. The highest BCUT2D eigenvalue weighted by Gasteiger charge is 2.31. The zero-order chi connectivity index (χ0) is 15.9. The lowest BCUT2D eigenvalue weighted by Gasteiger charge is -2.29. The fourth-order valence-corrected chi connectivity index (χ4v) is 2.78. The van der Waals surface area contributed by atoms with Crippen molar-refractivity contribution < 1.29 is 9.72 Å². The van der Waals surface area contributed by atoms with Gasteiger partial charge < -0.3 is 5.32 Å². The highest BCUT2D eigenvalue weighted by atomic mass is 16.6. The second kappa shape index (κ2) is 5.10. The van der Waals surface area contributed by atoms with E-state index in [0.29, 0.717) is 11.1 Å². The molecule has 112 valence electrons. The van der Waals surface area contributed by atoms with Crippen LogP contribution in [0.1, 0.15) is 25.5 Å². The first kappa shape index (κ1) is 14.0. The summed E-state index contributed by atoms with van der Waals surface area (Å²) in [7, 11) is 0. The Morgan fingerprint density at radius 1 is 1.41 bits per heavy atom. The number of nitrogens with zero attached hydrogens (tertiary/aromatic N) is 3. The molecule has 1 unspecified atom stereocenters. The van der Waals surface area contributed by atoms with Crippen LogP contribution in [0.25, 0.3) is 0 Å². The Hall–Kier alpha value is -2.96. The van der Waals surface area contributed by atoms with Gasteiger partial charge in [0.15, 0.2) is 5.78 Å². The Balaban J connectivity index is 2.20. The second-order valence-electron chi connectivity index (χ2n) is 5.14. The summed E-state index contributed by atoms with van der Waals surface area (Å²) in [6.45, 7) is 3.30. The monoisotopic (exact) mass is 298 g/mol. The average Bonchev–Trinajstić information content (AvgIpc) is 2.93. The number of hydrogen-bond donors (Lipinski definition) is 1. The maximum absolute atomic E-state index is 12.1. The molecule has 0 aliphatic carbocycles. The molecule has 7 nitrogen and oxygen atoms in total. The second-order valence-corrected chi connectivity index (χ2v) is 5.14. The first-order valence-corrected chi connectivity index (χ1v) is 6.75. The van der Waals surface area contributed by atoms with Crippen LogP contribution in [-0.4, -0.2) is 20.5 Å². The maximum Gasteiger partial charge on any atom is 0.269 e. The van der Waals surface area contributed by atoms with Crippen LogP contribution < -0.4 is 5.32 Å². The van der Waals surface area contributed by atoms with Crippen molar-refractivity contribution in [3.05, 3.63) is 63.5 Å². The van der Waals surface area contributed by atoms with Crippen LogP contribution in [0.15, 0.2) is 47.8 Å². The molecule has 1 aliphatic heterocycles. The van der Waals surface area contributed by atoms with Crippen LogP contribution >= 0.6 is 0 Å². The fourth-order valence-electron chi connectivity index (χ4n) is 2.78. The summed E-state index contributed by atoms with van der Waals surface area (Å²) < 4.78 is 1.67. The number of rotatable bonds is 3. The van der Waals surface area contributed by atoms with E-state index in [4.69, 9.17) is 0 Å². The number of hydrogen-bond acceptors (Lipinski definition) is 5. The molecule has 1 aromatic heterocycles. The van der Waals surface area contributed by atoms with Gasteiger partial charge in [-0.3, -0.25) is 14.9 Å². The van der Waals surface area contributed by atoms with Gasteiger partial charge in [-0.1, -0.05) is 12.1 Å². The number of Topliss-reactive ketones (excluding diaryl/α,β-unsaturated/α-hetero) is 1. The standard InChI is InChI=1S/C15H14N4O3/c1-9-14(10(2)20)15(18-13(17-9)6-7-16-18)11-4-3-5-12(8-11)19(21)22/h3-8,15,17H,1-2H3. The van der Waals surface area contributed by atoms with Gasteiger partial charge in [-0.25, -0.2) is 4.68 Å². The van der Waals surface area contributed by atoms with E-state index < -0.39 is 11.0 Å². The molecule has 0 amide bonds. The van der Waals surface area contributed by atoms with Crippen LogP contribution in [0, 0.1) is 10.1 Å². The zero-order valence-corrected chi connectivity index (χ0v) is 12.1. The summed E-state index contributed by atoms with van der Waals surface area (Å²) in [5.74, 6) is 0.654. The number of nitro groups is 1. The van der Waals surface area contributed by atoms with E-state index in [0.717, 1.165) is 11.5 Å². The molecule has 1 aliphatic rings. The van der Waals surface area contributed by atoms with Crippen molar-refractivity contribution >= 4 is 17.3 Å². The third-order valence-corrected chi connectivity index (χ3v) is 3.68. The molecule has 0 spiro atoms. The molecule has 2 heterocycles. The van der Waals surface area contributed by atoms with Gasteiger partial charge in [0, 0.05) is 29.5 Å². The molecule has 2 aromatic rings. The normalized spacial score (nSPS) is 16.9. The number of fused-ring (bicyclic) bond motifs is 1. The molecule has 0 saturated carbocycles. The first-order chi connectivity index (χ1) is 10.5. The number of allylic oxidation sites excluding steroid dienone is 2. The number of nitrogens with one attached hydrogen (secondary N) is 1. The quantitative estimate of drug-likeness (QED) is 0.695. The number of carbonyl (C=O) groups excluding carboxylic acids is 1. The lowest BCUT2D eigenvalue weighted by molar-refractivity contribution is -0.384. The minimum Gasteiger partial charge on any atom is -0.344 e. The topological polar surface area (TPSA) is 90.1 Å². The Labute approximate surface area is 126 Å². The van der Waals surface area contributed by atoms with E-state index in [1.54, 1.807) is 29.1 Å². The third-order valence-electron chi connectivity index (χ3n) is 3.68. The van der Waals surface area contributed by atoms with Gasteiger partial charge in [-0.2, -0.15) is 5.10 Å². The van der Waals surface area contributed by atoms with Crippen molar-refractivity contribution in [2.75, 3.05) is 5.32 Å². The van der Waals surface area contributed by atoms with E-state index in [-0.39, 0.29) is 11.5 Å². The largest absolute Gasteiger partial charge is 0.344 e. The van der Waals surface area contributed by atoms with E-state index in [1.807, 2.05) is 6.92 Å². The lowest BCUT2D eigenvalue weighted by Crippen LogP contribution is -2.27. The maximum atomic E-state index is 12.1. The number of benzene rings is 1. The van der Waals surface area contributed by atoms with Crippen molar-refractivity contribution in [3.63, 3.8) is 0 Å². The molecular formula is C15H14N4O3. The molecular weight excluding hydrogens is 284 g/mol. The molecule has 1 atom stereocenters. The zero-order valence-electron chi connectivity index (χ0n) is 12.1. The number of aromatic nitrogens is 2. The van der Waals surface area contributed by atoms with Gasteiger partial charge >= 0.3 is 0 Å². The summed E-state index contributed by atoms with van der Waals surface area (Å²) in [6.07, 6.45) is 1.63. The Kier molecular flexibility index (Phi) is 3.25. The molecule has 0 fully saturated rings. The number of non-ortho nitro benzene ring substituents is 1. The van der Waals surface area contributed by atoms with Crippen molar-refractivity contribution in [3.8, 4) is 0 Å². The summed E-state index contributed by atoms with van der Waals surface area (Å²) in [5, 5.41) is 18.4. The lowest BCUT2D eigenvalue weighted by atomic mass is 9.93. The van der Waals surface area contributed by atoms with Crippen molar-refractivity contribution in [2.24, 2.45) is 0 Å². The van der Waals surface area contributed by atoms with Gasteiger partial charge in [-0.15, -0.1) is 0 Å². The molecule has 1 aromatic carbocycles. The van der Waals surface area contributed by atoms with E-state index in [2.05, 4.69) is 10.4 Å². The average molecular weight is 298 g/mol. The smallest absolute Gasteiger partial charge is 0.269 e. The first-order valence-electron chi connectivity index (χ1n) is 6.75. The molecule has 0 saturated heterocycles. The van der Waals surface area contributed by atoms with Gasteiger partial charge in [0.25, 0.3) is 5.69 Å². The molecule has 1 N–H and O–H groups in total. The van der Waals surface area contributed by atoms with E-state index in [1.165, 1.54) is 19.1 Å². The summed E-state index contributed by atoms with van der Waals surface area (Å²) in [6, 6.07) is 7.63. The Morgan fingerprint density at radius 2 is 2.18 bits per heavy atom. The molecule has 22 heavy (non-hydrogen) atoms. The van der Waals surface area contributed by atoms with Crippen molar-refractivity contribution in [2.45, 2.75) is 19.9 Å². The SMILES string of the molecule is CC(=O)C1=C(C)Nc2ccnn2C1c1cccc([N+](=O)[O-])c1. The summed E-state index contributed by atoms with van der Waals surface area (Å²) >= 11 is 0. The number of anilines is 1. The highest BCUT2D eigenvalue weighted by Crippen LogP contribution is 2.36. The molecule has 0 radical (unpaired) electrons. The van der Waals surface area contributed by atoms with Crippen LogP contribution in [0.3, 0.4) is 0 Å². The van der Waals surface area contributed by atoms with Crippen LogP contribution in [0.5, 0.6) is 0 Å². The number of carbonyl (C=O) groups is 1. The Morgan fingerprint density at radius 3 is 2.86 bits per heavy atom. The molecule has 7 heteroatoms. The predicted octanol–water partition coefficient (Wildman–Crippen LogP) is 2.67. The minimum atomic E-state index is -0.469. The fraction of sp³-hybridized carbons (Fsp3) is 0.200. The minimum absolute atomic E-state index is 0.00899. The number of nitro benzene ring substituents is 1. The predicted molar refractivity (Wildman–Crippen MR) is 80.5 cm³/mol. The molecule has 0 bridgehead atoms. The van der Waals surface area contributed by atoms with Crippen molar-refractivity contribution in [1.29, 1.82) is 0 Å². The molecule has 3 rings (SSSR count). The Bertz CT molecular complexity index is 807. The summed E-state index contributed by atoms with van der Waals surface area (Å²) in [4.78, 5) is 22.6. The van der Waals surface area contributed by atoms with Crippen LogP contribution in [-0.2, 0) is 4.79 Å². The van der Waals surface area contributed by atoms with E-state index >= 15 is 0 Å². The van der Waals surface area contributed by atoms with Crippen LogP contribution in [0.4, 0.5) is 11.5 Å². The van der Waals surface area contributed by atoms with Gasteiger partial charge in [0.2, 0.25) is 0 Å². The summed E-state index contributed by atoms with van der Waals surface area (Å²) in [5.41, 5.74) is 1.93. The van der Waals surface area contributed by atoms with Crippen molar-refractivity contribution in [1.82, 2.24) is 9.78 Å².